The lowest BCUT2D eigenvalue weighted by atomic mass is 9.88. The van der Waals surface area contributed by atoms with Gasteiger partial charge >= 0.3 is 0 Å². The molecule has 4 rings (SSSR count). The minimum Gasteiger partial charge on any atom is -0.321 e. The molecule has 24 heavy (non-hydrogen) atoms. The summed E-state index contributed by atoms with van der Waals surface area (Å²) in [6.45, 7) is 4.36. The first-order valence-corrected chi connectivity index (χ1v) is 10.3. The van der Waals surface area contributed by atoms with Gasteiger partial charge in [-0.05, 0) is 60.9 Å². The highest BCUT2D eigenvalue weighted by Crippen LogP contribution is 2.43. The molecule has 1 amide bonds. The first-order valence-electron chi connectivity index (χ1n) is 8.46. The van der Waals surface area contributed by atoms with Crippen molar-refractivity contribution >= 4 is 40.8 Å². The van der Waals surface area contributed by atoms with E-state index in [-0.39, 0.29) is 5.91 Å². The van der Waals surface area contributed by atoms with E-state index >= 15 is 0 Å². The van der Waals surface area contributed by atoms with Gasteiger partial charge in [0, 0.05) is 21.2 Å². The number of carbonyl (C=O) groups is 1. The second-order valence-electron chi connectivity index (χ2n) is 6.76. The summed E-state index contributed by atoms with van der Waals surface area (Å²) >= 11 is 3.58. The van der Waals surface area contributed by atoms with Gasteiger partial charge in [0.05, 0.1) is 4.91 Å². The number of thiophene rings is 1. The van der Waals surface area contributed by atoms with Crippen LogP contribution in [0.15, 0.2) is 29.2 Å². The lowest BCUT2D eigenvalue weighted by molar-refractivity contribution is -0.112. The molecule has 124 valence electrons. The van der Waals surface area contributed by atoms with Crippen molar-refractivity contribution in [1.29, 1.82) is 0 Å². The largest absolute Gasteiger partial charge is 0.321 e. The van der Waals surface area contributed by atoms with Gasteiger partial charge in [-0.3, -0.25) is 4.79 Å². The summed E-state index contributed by atoms with van der Waals surface area (Å²) in [6, 6.07) is 7.92. The maximum atomic E-state index is 12.6. The summed E-state index contributed by atoms with van der Waals surface area (Å²) in [5.74, 6) is 1.74. The molecule has 0 saturated heterocycles. The van der Waals surface area contributed by atoms with Gasteiger partial charge < -0.3 is 5.32 Å². The van der Waals surface area contributed by atoms with Crippen LogP contribution in [-0.4, -0.2) is 5.91 Å². The zero-order chi connectivity index (χ0) is 16.7. The molecule has 0 spiro atoms. The topological polar surface area (TPSA) is 29.1 Å². The van der Waals surface area contributed by atoms with Gasteiger partial charge in [0.2, 0.25) is 0 Å². The number of nitrogens with one attached hydrogen (secondary N) is 1. The van der Waals surface area contributed by atoms with Crippen molar-refractivity contribution in [3.8, 4) is 0 Å². The van der Waals surface area contributed by atoms with Crippen molar-refractivity contribution < 1.29 is 4.79 Å². The van der Waals surface area contributed by atoms with Crippen LogP contribution in [0.2, 0.25) is 0 Å². The van der Waals surface area contributed by atoms with Crippen LogP contribution in [0, 0.1) is 12.8 Å². The number of aryl methyl sites for hydroxylation is 1. The highest BCUT2D eigenvalue weighted by molar-refractivity contribution is 8.03. The first-order chi connectivity index (χ1) is 11.6. The van der Waals surface area contributed by atoms with Crippen LogP contribution in [0.3, 0.4) is 0 Å². The smallest absolute Gasteiger partial charge is 0.262 e. The monoisotopic (exact) mass is 355 g/mol. The van der Waals surface area contributed by atoms with Crippen LogP contribution in [0.5, 0.6) is 0 Å². The van der Waals surface area contributed by atoms with E-state index in [1.54, 1.807) is 22.2 Å². The Hall–Kier alpha value is -1.52. The Morgan fingerprint density at radius 3 is 2.92 bits per heavy atom. The number of benzene rings is 1. The van der Waals surface area contributed by atoms with Crippen molar-refractivity contribution in [3.63, 3.8) is 0 Å². The number of thioether (sulfide) groups is 1. The van der Waals surface area contributed by atoms with E-state index in [2.05, 4.69) is 18.3 Å². The average molecular weight is 356 g/mol. The summed E-state index contributed by atoms with van der Waals surface area (Å²) < 4.78 is 0. The summed E-state index contributed by atoms with van der Waals surface area (Å²) in [4.78, 5) is 16.3. The molecule has 4 heteroatoms. The molecule has 2 heterocycles. The molecule has 1 aliphatic heterocycles. The highest BCUT2D eigenvalue weighted by Gasteiger charge is 2.26. The molecule has 0 fully saturated rings. The Balaban J connectivity index is 1.59. The standard InChI is InChI=1S/C20H21NOS2/c1-12-7-8-14-15-11-23-19(10-18(15)24-17(14)9-12)20(22)21-16-6-4-3-5-13(16)2/h3-6,10,12H,7-9,11H2,1-2H3,(H,21,22)/t12-/m1/s1. The van der Waals surface area contributed by atoms with Gasteiger partial charge in [-0.1, -0.05) is 25.1 Å². The van der Waals surface area contributed by atoms with Crippen LogP contribution in [0.1, 0.15) is 39.8 Å². The number of anilines is 1. The molecule has 2 nitrogen and oxygen atoms in total. The normalized spacial score (nSPS) is 19.2. The second-order valence-corrected chi connectivity index (χ2v) is 8.91. The number of rotatable bonds is 2. The van der Waals surface area contributed by atoms with Crippen LogP contribution in [0.4, 0.5) is 5.69 Å². The van der Waals surface area contributed by atoms with Crippen LogP contribution < -0.4 is 5.32 Å². The molecular formula is C20H21NOS2. The summed E-state index contributed by atoms with van der Waals surface area (Å²) in [5, 5.41) is 3.06. The average Bonchev–Trinajstić information content (AvgIpc) is 2.93. The minimum absolute atomic E-state index is 0.0136. The Bertz CT molecular complexity index is 834. The van der Waals surface area contributed by atoms with Crippen LogP contribution >= 0.6 is 23.1 Å². The van der Waals surface area contributed by atoms with Crippen molar-refractivity contribution in [2.45, 2.75) is 38.9 Å². The van der Waals surface area contributed by atoms with E-state index in [1.165, 1.54) is 29.7 Å². The van der Waals surface area contributed by atoms with Gasteiger partial charge in [-0.2, -0.15) is 0 Å². The summed E-state index contributed by atoms with van der Waals surface area (Å²) in [5.41, 5.74) is 5.05. The fourth-order valence-corrected chi connectivity index (χ4v) is 6.11. The number of hydrogen-bond donors (Lipinski definition) is 1. The van der Waals surface area contributed by atoms with E-state index < -0.39 is 0 Å². The minimum atomic E-state index is 0.0136. The van der Waals surface area contributed by atoms with E-state index in [1.807, 2.05) is 42.5 Å². The van der Waals surface area contributed by atoms with Gasteiger partial charge in [-0.25, -0.2) is 0 Å². The maximum Gasteiger partial charge on any atom is 0.262 e. The number of carbonyl (C=O) groups excluding carboxylic acids is 1. The Morgan fingerprint density at radius 1 is 1.25 bits per heavy atom. The number of fused-ring (bicyclic) bond motifs is 3. The number of amides is 1. The molecule has 0 saturated carbocycles. The van der Waals surface area contributed by atoms with Crippen LogP contribution in [0.25, 0.3) is 6.08 Å². The number of hydrogen-bond acceptors (Lipinski definition) is 3. The lowest BCUT2D eigenvalue weighted by Gasteiger charge is -2.20. The second kappa shape index (κ2) is 6.41. The molecule has 2 aromatic rings. The van der Waals surface area contributed by atoms with E-state index in [9.17, 15) is 4.79 Å². The van der Waals surface area contributed by atoms with E-state index in [0.717, 1.165) is 27.8 Å². The maximum absolute atomic E-state index is 12.6. The molecule has 0 bridgehead atoms. The van der Waals surface area contributed by atoms with Crippen molar-refractivity contribution in [2.24, 2.45) is 5.92 Å². The van der Waals surface area contributed by atoms with Gasteiger partial charge in [0.25, 0.3) is 5.91 Å². The predicted octanol–water partition coefficient (Wildman–Crippen LogP) is 5.41. The first kappa shape index (κ1) is 16.0. The lowest BCUT2D eigenvalue weighted by Crippen LogP contribution is -2.15. The molecule has 1 aromatic heterocycles. The number of para-hydroxylation sites is 1. The van der Waals surface area contributed by atoms with Gasteiger partial charge in [0.1, 0.15) is 0 Å². The fourth-order valence-electron chi connectivity index (χ4n) is 3.45. The molecule has 1 N–H and O–H groups in total. The molecule has 1 aliphatic carbocycles. The summed E-state index contributed by atoms with van der Waals surface area (Å²) in [6.07, 6.45) is 5.81. The molecular weight excluding hydrogens is 334 g/mol. The van der Waals surface area contributed by atoms with Crippen molar-refractivity contribution in [1.82, 2.24) is 0 Å². The molecule has 0 unspecified atom stereocenters. The molecule has 1 atom stereocenters. The SMILES string of the molecule is Cc1ccccc1NC(=O)C1=Cc2sc3c(c2CS1)CC[C@@H](C)C3. The zero-order valence-electron chi connectivity index (χ0n) is 14.0. The third-order valence-electron chi connectivity index (χ3n) is 4.90. The zero-order valence-corrected chi connectivity index (χ0v) is 15.7. The Morgan fingerprint density at radius 2 is 2.08 bits per heavy atom. The van der Waals surface area contributed by atoms with E-state index in [0.29, 0.717) is 0 Å². The van der Waals surface area contributed by atoms with E-state index in [4.69, 9.17) is 0 Å². The summed E-state index contributed by atoms with van der Waals surface area (Å²) in [7, 11) is 0. The fraction of sp³-hybridized carbons (Fsp3) is 0.350. The van der Waals surface area contributed by atoms with Gasteiger partial charge in [0.15, 0.2) is 0 Å². The molecule has 0 radical (unpaired) electrons. The van der Waals surface area contributed by atoms with Crippen molar-refractivity contribution in [3.05, 3.63) is 55.6 Å². The Kier molecular flexibility index (Phi) is 4.27. The predicted molar refractivity (Wildman–Crippen MR) is 105 cm³/mol. The third-order valence-corrected chi connectivity index (χ3v) is 7.19. The van der Waals surface area contributed by atoms with Crippen molar-refractivity contribution in [2.75, 3.05) is 5.32 Å². The molecule has 2 aliphatic rings. The molecule has 1 aromatic carbocycles. The van der Waals surface area contributed by atoms with Gasteiger partial charge in [-0.15, -0.1) is 23.1 Å². The Labute approximate surface area is 151 Å². The quantitative estimate of drug-likeness (QED) is 0.780. The highest BCUT2D eigenvalue weighted by atomic mass is 32.2. The van der Waals surface area contributed by atoms with Crippen LogP contribution in [-0.2, 0) is 23.4 Å². The third kappa shape index (κ3) is 2.93.